The largest absolute Gasteiger partial charge is 0.468 e. The number of carbonyl (C=O) groups excluding carboxylic acids is 1. The third-order valence-corrected chi connectivity index (χ3v) is 3.68. The van der Waals surface area contributed by atoms with Gasteiger partial charge >= 0.3 is 5.97 Å². The van der Waals surface area contributed by atoms with Gasteiger partial charge in [0, 0.05) is 12.1 Å². The molecule has 0 amide bonds. The van der Waals surface area contributed by atoms with Crippen LogP contribution in [0.5, 0.6) is 0 Å². The van der Waals surface area contributed by atoms with E-state index < -0.39 is 0 Å². The molecule has 0 aliphatic heterocycles. The van der Waals surface area contributed by atoms with Crippen LogP contribution in [0, 0.1) is 0 Å². The molecule has 0 spiro atoms. The molecule has 1 heterocycles. The third-order valence-electron chi connectivity index (χ3n) is 2.74. The second-order valence-corrected chi connectivity index (χ2v) is 5.13. The average molecular weight is 291 g/mol. The summed E-state index contributed by atoms with van der Waals surface area (Å²) in [6, 6.07) is 9.93. The summed E-state index contributed by atoms with van der Waals surface area (Å²) in [5, 5.41) is 9.18. The quantitative estimate of drug-likeness (QED) is 0.605. The first-order valence-electron chi connectivity index (χ1n) is 6.44. The van der Waals surface area contributed by atoms with Gasteiger partial charge in [0.15, 0.2) is 11.0 Å². The summed E-state index contributed by atoms with van der Waals surface area (Å²) in [4.78, 5) is 11.2. The number of aromatic nitrogens is 3. The molecule has 0 radical (unpaired) electrons. The molecule has 0 aliphatic rings. The number of carbonyl (C=O) groups is 1. The molecule has 0 fully saturated rings. The number of hydrogen-bond acceptors (Lipinski definition) is 5. The van der Waals surface area contributed by atoms with Crippen molar-refractivity contribution in [3.05, 3.63) is 30.3 Å². The second-order valence-electron chi connectivity index (χ2n) is 4.19. The Hall–Kier alpha value is -1.82. The Bertz CT molecular complexity index is 569. The van der Waals surface area contributed by atoms with Crippen LogP contribution in [-0.4, -0.2) is 33.6 Å². The van der Waals surface area contributed by atoms with E-state index >= 15 is 0 Å². The number of rotatable bonds is 6. The Morgan fingerprint density at radius 1 is 1.30 bits per heavy atom. The third kappa shape index (κ3) is 3.39. The maximum atomic E-state index is 11.2. The van der Waals surface area contributed by atoms with Gasteiger partial charge in [-0.3, -0.25) is 4.79 Å². The monoisotopic (exact) mass is 291 g/mol. The van der Waals surface area contributed by atoms with E-state index in [9.17, 15) is 4.79 Å². The minimum atomic E-state index is -0.262. The summed E-state index contributed by atoms with van der Waals surface area (Å²) in [5.74, 6) is 0.815. The fraction of sp³-hybridized carbons (Fsp3) is 0.357. The van der Waals surface area contributed by atoms with Crippen LogP contribution in [-0.2, 0) is 16.1 Å². The van der Waals surface area contributed by atoms with Gasteiger partial charge in [0.2, 0.25) is 0 Å². The van der Waals surface area contributed by atoms with E-state index in [0.29, 0.717) is 0 Å². The highest BCUT2D eigenvalue weighted by molar-refractivity contribution is 7.99. The summed E-state index contributed by atoms with van der Waals surface area (Å²) < 4.78 is 6.69. The molecule has 0 saturated carbocycles. The Labute approximate surface area is 122 Å². The number of methoxy groups -OCH3 is 1. The van der Waals surface area contributed by atoms with Crippen molar-refractivity contribution >= 4 is 17.7 Å². The van der Waals surface area contributed by atoms with Gasteiger partial charge in [0.05, 0.1) is 12.9 Å². The van der Waals surface area contributed by atoms with E-state index in [1.165, 1.54) is 18.9 Å². The average Bonchev–Trinajstić information content (AvgIpc) is 2.89. The number of esters is 1. The minimum absolute atomic E-state index is 0.243. The van der Waals surface area contributed by atoms with Crippen molar-refractivity contribution in [2.45, 2.75) is 25.0 Å². The molecule has 2 rings (SSSR count). The van der Waals surface area contributed by atoms with Crippen LogP contribution < -0.4 is 0 Å². The molecule has 5 nitrogen and oxygen atoms in total. The normalized spacial score (nSPS) is 10.5. The van der Waals surface area contributed by atoms with Gasteiger partial charge in [-0.25, -0.2) is 0 Å². The maximum absolute atomic E-state index is 11.2. The topological polar surface area (TPSA) is 57.0 Å². The number of hydrogen-bond donors (Lipinski definition) is 0. The molecule has 1 aromatic carbocycles. The smallest absolute Gasteiger partial charge is 0.316 e. The Kier molecular flexibility index (Phi) is 5.17. The van der Waals surface area contributed by atoms with Crippen molar-refractivity contribution in [1.29, 1.82) is 0 Å². The van der Waals surface area contributed by atoms with Crippen molar-refractivity contribution in [2.24, 2.45) is 0 Å². The first-order chi connectivity index (χ1) is 9.76. The van der Waals surface area contributed by atoms with E-state index in [-0.39, 0.29) is 11.7 Å². The van der Waals surface area contributed by atoms with Gasteiger partial charge in [0.1, 0.15) is 0 Å². The van der Waals surface area contributed by atoms with Gasteiger partial charge in [-0.05, 0) is 6.42 Å². The minimum Gasteiger partial charge on any atom is -0.468 e. The lowest BCUT2D eigenvalue weighted by Crippen LogP contribution is -2.06. The molecule has 1 aromatic heterocycles. The van der Waals surface area contributed by atoms with E-state index in [2.05, 4.69) is 21.9 Å². The van der Waals surface area contributed by atoms with Gasteiger partial charge in [-0.15, -0.1) is 10.2 Å². The highest BCUT2D eigenvalue weighted by Crippen LogP contribution is 2.24. The lowest BCUT2D eigenvalue weighted by Gasteiger charge is -2.08. The second kappa shape index (κ2) is 7.09. The Balaban J connectivity index is 2.25. The maximum Gasteiger partial charge on any atom is 0.316 e. The molecule has 6 heteroatoms. The van der Waals surface area contributed by atoms with Crippen LogP contribution in [0.3, 0.4) is 0 Å². The molecular weight excluding hydrogens is 274 g/mol. The zero-order chi connectivity index (χ0) is 14.4. The fourth-order valence-electron chi connectivity index (χ4n) is 1.80. The number of benzene rings is 1. The molecule has 0 saturated heterocycles. The van der Waals surface area contributed by atoms with E-state index in [0.717, 1.165) is 29.5 Å². The molecule has 0 bridgehead atoms. The summed E-state index contributed by atoms with van der Waals surface area (Å²) in [7, 11) is 1.38. The predicted octanol–water partition coefficient (Wildman–Crippen LogP) is 2.62. The van der Waals surface area contributed by atoms with Crippen LogP contribution in [0.2, 0.25) is 0 Å². The molecule has 20 heavy (non-hydrogen) atoms. The highest BCUT2D eigenvalue weighted by Gasteiger charge is 2.14. The van der Waals surface area contributed by atoms with Crippen LogP contribution in [0.25, 0.3) is 11.4 Å². The van der Waals surface area contributed by atoms with Crippen LogP contribution >= 0.6 is 11.8 Å². The molecule has 0 atom stereocenters. The van der Waals surface area contributed by atoms with Crippen molar-refractivity contribution in [2.75, 3.05) is 12.9 Å². The SMILES string of the molecule is CCCn1c(SCC(=O)OC)nnc1-c1ccccc1. The number of nitrogens with zero attached hydrogens (tertiary/aromatic N) is 3. The van der Waals surface area contributed by atoms with Crippen LogP contribution in [0.4, 0.5) is 0 Å². The fourth-order valence-corrected chi connectivity index (χ4v) is 2.60. The standard InChI is InChI=1S/C14H17N3O2S/c1-3-9-17-13(11-7-5-4-6-8-11)15-16-14(17)20-10-12(18)19-2/h4-8H,3,9-10H2,1-2H3. The predicted molar refractivity (Wildman–Crippen MR) is 78.5 cm³/mol. The lowest BCUT2D eigenvalue weighted by atomic mass is 10.2. The number of thioether (sulfide) groups is 1. The van der Waals surface area contributed by atoms with E-state index in [4.69, 9.17) is 0 Å². The molecule has 0 N–H and O–H groups in total. The van der Waals surface area contributed by atoms with E-state index in [1.807, 2.05) is 34.9 Å². The molecule has 2 aromatic rings. The lowest BCUT2D eigenvalue weighted by molar-refractivity contribution is -0.137. The summed E-state index contributed by atoms with van der Waals surface area (Å²) in [6.45, 7) is 2.92. The molecule has 0 aliphatic carbocycles. The Morgan fingerprint density at radius 2 is 2.05 bits per heavy atom. The van der Waals surface area contributed by atoms with Gasteiger partial charge in [-0.2, -0.15) is 0 Å². The van der Waals surface area contributed by atoms with Crippen LogP contribution in [0.1, 0.15) is 13.3 Å². The van der Waals surface area contributed by atoms with Crippen molar-refractivity contribution in [3.63, 3.8) is 0 Å². The molecular formula is C14H17N3O2S. The van der Waals surface area contributed by atoms with Gasteiger partial charge in [-0.1, -0.05) is 49.0 Å². The van der Waals surface area contributed by atoms with Gasteiger partial charge < -0.3 is 9.30 Å². The van der Waals surface area contributed by atoms with Gasteiger partial charge in [0.25, 0.3) is 0 Å². The van der Waals surface area contributed by atoms with Crippen molar-refractivity contribution in [3.8, 4) is 11.4 Å². The number of ether oxygens (including phenoxy) is 1. The summed E-state index contributed by atoms with van der Waals surface area (Å²) >= 11 is 1.35. The Morgan fingerprint density at radius 3 is 2.70 bits per heavy atom. The van der Waals surface area contributed by atoms with E-state index in [1.54, 1.807) is 0 Å². The van der Waals surface area contributed by atoms with Crippen molar-refractivity contribution < 1.29 is 9.53 Å². The van der Waals surface area contributed by atoms with Crippen molar-refractivity contribution in [1.82, 2.24) is 14.8 Å². The molecule has 0 unspecified atom stereocenters. The zero-order valence-corrected chi connectivity index (χ0v) is 12.4. The molecule has 106 valence electrons. The highest BCUT2D eigenvalue weighted by atomic mass is 32.2. The van der Waals surface area contributed by atoms with Crippen LogP contribution in [0.15, 0.2) is 35.5 Å². The first kappa shape index (κ1) is 14.6. The summed E-state index contributed by atoms with van der Waals surface area (Å²) in [5.41, 5.74) is 1.03. The zero-order valence-electron chi connectivity index (χ0n) is 11.6. The summed E-state index contributed by atoms with van der Waals surface area (Å²) in [6.07, 6.45) is 0.976. The first-order valence-corrected chi connectivity index (χ1v) is 7.43.